The van der Waals surface area contributed by atoms with Crippen LogP contribution < -0.4 is 18.9 Å². The second-order valence-corrected chi connectivity index (χ2v) is 25.6. The third-order valence-corrected chi connectivity index (χ3v) is 15.9. The Balaban J connectivity index is 0.000000225. The fraction of sp³-hybridized carbons (Fsp3) is 0.309. The Hall–Kier alpha value is -9.68. The van der Waals surface area contributed by atoms with Gasteiger partial charge >= 0.3 is 0 Å². The summed E-state index contributed by atoms with van der Waals surface area (Å²) >= 11 is 0. The molecule has 8 aromatic carbocycles. The summed E-state index contributed by atoms with van der Waals surface area (Å²) in [7, 11) is 6.30. The molecule has 0 aliphatic carbocycles. The molecule has 0 aromatic heterocycles. The van der Waals surface area contributed by atoms with Crippen molar-refractivity contribution in [2.75, 3.05) is 28.4 Å². The zero-order valence-corrected chi connectivity index (χ0v) is 57.4. The van der Waals surface area contributed by atoms with E-state index in [0.717, 1.165) is 44.5 Å². The van der Waals surface area contributed by atoms with Crippen LogP contribution in [0.3, 0.4) is 0 Å². The molecule has 0 heterocycles. The molecule has 0 radical (unpaired) electrons. The van der Waals surface area contributed by atoms with E-state index < -0.39 is 0 Å². The van der Waals surface area contributed by atoms with Gasteiger partial charge in [-0.15, -0.1) is 0 Å². The molecule has 0 saturated heterocycles. The lowest BCUT2D eigenvalue weighted by Gasteiger charge is -2.22. The molecule has 0 N–H and O–H groups in total. The Labute approximate surface area is 550 Å². The van der Waals surface area contributed by atoms with E-state index in [1.165, 1.54) is 5.56 Å². The average Bonchev–Trinajstić information content (AvgIpc) is 0.951. The van der Waals surface area contributed by atoms with Gasteiger partial charge in [-0.25, -0.2) is 0 Å². The van der Waals surface area contributed by atoms with Crippen LogP contribution in [0.2, 0.25) is 0 Å². The van der Waals surface area contributed by atoms with E-state index in [0.29, 0.717) is 73.4 Å². The molecule has 0 aliphatic rings. The van der Waals surface area contributed by atoms with E-state index in [1.807, 2.05) is 90.1 Å². The summed E-state index contributed by atoms with van der Waals surface area (Å²) < 4.78 is 20.3. The molecule has 8 aromatic rings. The van der Waals surface area contributed by atoms with Crippen molar-refractivity contribution in [1.29, 1.82) is 0 Å². The minimum absolute atomic E-state index is 0.0238. The molecule has 0 aliphatic heterocycles. The van der Waals surface area contributed by atoms with Gasteiger partial charge in [0.2, 0.25) is 0 Å². The highest BCUT2D eigenvalue weighted by Crippen LogP contribution is 2.30. The molecule has 486 valence electrons. The maximum atomic E-state index is 12.7. The van der Waals surface area contributed by atoms with Gasteiger partial charge in [-0.1, -0.05) is 116 Å². The Morgan fingerprint density at radius 3 is 0.957 bits per heavy atom. The highest BCUT2D eigenvalue weighted by atomic mass is 16.5. The Morgan fingerprint density at radius 1 is 0.312 bits per heavy atom. The summed E-state index contributed by atoms with van der Waals surface area (Å²) in [6, 6.07) is 48.8. The number of hydrogen-bond acceptors (Lipinski definition) is 12. The summed E-state index contributed by atoms with van der Waals surface area (Å²) in [4.78, 5) is 99.3. The van der Waals surface area contributed by atoms with Crippen molar-refractivity contribution in [2.45, 2.75) is 139 Å². The smallest absolute Gasteiger partial charge is 0.171 e. The number of Topliss-reactive ketones (excluding diaryl/α,β-unsaturated/α-hetero) is 8. The molecule has 12 nitrogen and oxygen atoms in total. The maximum absolute atomic E-state index is 12.7. The number of hydrogen-bond donors (Lipinski definition) is 0. The van der Waals surface area contributed by atoms with E-state index in [9.17, 15) is 38.4 Å². The number of aryl methyl sites for hydroxylation is 6. The molecule has 0 fully saturated rings. The Kier molecular flexibility index (Phi) is 26.7. The second-order valence-electron chi connectivity index (χ2n) is 25.6. The van der Waals surface area contributed by atoms with Crippen molar-refractivity contribution in [3.63, 3.8) is 0 Å². The Morgan fingerprint density at radius 2 is 0.634 bits per heavy atom. The predicted octanol–water partition coefficient (Wildman–Crippen LogP) is 18.2. The van der Waals surface area contributed by atoms with Crippen molar-refractivity contribution < 1.29 is 57.3 Å². The lowest BCUT2D eigenvalue weighted by Crippen LogP contribution is -2.15. The van der Waals surface area contributed by atoms with Gasteiger partial charge in [-0.05, 0) is 212 Å². The molecule has 0 amide bonds. The van der Waals surface area contributed by atoms with Crippen molar-refractivity contribution in [3.8, 4) is 23.0 Å². The monoisotopic (exact) mass is 1250 g/mol. The quantitative estimate of drug-likeness (QED) is 0.0493. The van der Waals surface area contributed by atoms with Gasteiger partial charge in [-0.3, -0.25) is 38.4 Å². The number of ether oxygens (including phenoxy) is 4. The normalized spacial score (nSPS) is 10.9. The van der Waals surface area contributed by atoms with Gasteiger partial charge in [0.1, 0.15) is 23.0 Å². The van der Waals surface area contributed by atoms with Gasteiger partial charge in [0, 0.05) is 44.5 Å². The van der Waals surface area contributed by atoms with Crippen molar-refractivity contribution in [1.82, 2.24) is 0 Å². The van der Waals surface area contributed by atoms with Gasteiger partial charge in [-0.2, -0.15) is 0 Å². The van der Waals surface area contributed by atoms with Crippen molar-refractivity contribution in [3.05, 3.63) is 258 Å². The van der Waals surface area contributed by atoms with Crippen LogP contribution in [0, 0.1) is 41.5 Å². The third kappa shape index (κ3) is 21.5. The Bertz CT molecular complexity index is 3940. The van der Waals surface area contributed by atoms with E-state index >= 15 is 0 Å². The summed E-state index contributed by atoms with van der Waals surface area (Å²) in [6.07, 6.45) is -0.478. The number of methoxy groups -OCH3 is 4. The van der Waals surface area contributed by atoms with Crippen LogP contribution in [-0.4, -0.2) is 74.7 Å². The van der Waals surface area contributed by atoms with Crippen LogP contribution in [-0.2, 0) is 10.8 Å². The number of carbonyl (C=O) groups excluding carboxylic acids is 8. The van der Waals surface area contributed by atoms with Gasteiger partial charge in [0.15, 0.2) is 46.3 Å². The molecular weight excluding hydrogens is 1160 g/mol. The van der Waals surface area contributed by atoms with Crippen LogP contribution in [0.1, 0.15) is 220 Å². The molecular formula is C81H90O12. The SMILES string of the molecule is COc1ccc(C(=O)CC(=O)c2c(C)cc(C(C)(C)C)cc2C)cc1.COc1ccc(C(=O)CC(=O)c2cc(C(C)(C)C)ccc2C)cc1.COc1ccc(C(=O)CC(=O)c2cc(C(C)C)ccc2C)cc1.COc1ccc(C(=O)CC(=O)c2ccc(C)cc2C)cc1. The van der Waals surface area contributed by atoms with Crippen molar-refractivity contribution >= 4 is 46.3 Å². The first kappa shape index (κ1) is 74.1. The molecule has 0 bridgehead atoms. The van der Waals surface area contributed by atoms with E-state index in [2.05, 4.69) is 67.5 Å². The standard InChI is InChI=1S/C22H26O3.C21H24O3.C20H22O3.C18H18O3/c1-14-11-17(22(3,4)5)12-15(2)21(14)20(24)13-19(23)16-7-9-18(25-6)10-8-16;1-14-6-9-16(21(2,3)4)12-18(14)20(23)13-19(22)15-7-10-17(24-5)11-8-15;1-13(2)16-6-5-14(3)18(11-16)20(22)12-19(21)15-7-9-17(23-4)10-8-15;1-12-4-9-16(13(2)10-12)18(20)11-17(19)14-5-7-15(21-3)8-6-14/h7-12H,13H2,1-6H3;6-12H,13H2,1-5H3;5-11,13H,12H2,1-4H3;4-10H,11H2,1-3H3. The van der Waals surface area contributed by atoms with Crippen LogP contribution in [0.25, 0.3) is 0 Å². The van der Waals surface area contributed by atoms with Gasteiger partial charge in [0.05, 0.1) is 54.1 Å². The van der Waals surface area contributed by atoms with Gasteiger partial charge < -0.3 is 18.9 Å². The first-order valence-corrected chi connectivity index (χ1v) is 31.0. The summed E-state index contributed by atoms with van der Waals surface area (Å²) in [5.41, 5.74) is 13.7. The average molecular weight is 1260 g/mol. The molecule has 12 heteroatoms. The lowest BCUT2D eigenvalue weighted by molar-refractivity contribution is 0.0877. The van der Waals surface area contributed by atoms with E-state index in [4.69, 9.17) is 18.9 Å². The van der Waals surface area contributed by atoms with E-state index in [-0.39, 0.29) is 82.8 Å². The summed E-state index contributed by atoms with van der Waals surface area (Å²) in [5.74, 6) is 1.85. The third-order valence-electron chi connectivity index (χ3n) is 15.9. The van der Waals surface area contributed by atoms with Crippen LogP contribution in [0.15, 0.2) is 164 Å². The first-order chi connectivity index (χ1) is 43.8. The maximum Gasteiger partial charge on any atom is 0.171 e. The van der Waals surface area contributed by atoms with Crippen LogP contribution in [0.5, 0.6) is 23.0 Å². The molecule has 0 atom stereocenters. The summed E-state index contributed by atoms with van der Waals surface area (Å²) in [5, 5.41) is 0. The highest BCUT2D eigenvalue weighted by molar-refractivity contribution is 6.16. The fourth-order valence-electron chi connectivity index (χ4n) is 10.1. The zero-order chi connectivity index (χ0) is 69.1. The number of rotatable bonds is 21. The minimum Gasteiger partial charge on any atom is -0.497 e. The summed E-state index contributed by atoms with van der Waals surface area (Å²) in [6.45, 7) is 28.5. The minimum atomic E-state index is -0.178. The van der Waals surface area contributed by atoms with Crippen molar-refractivity contribution in [2.24, 2.45) is 0 Å². The molecule has 8 rings (SSSR count). The molecule has 0 spiro atoms. The largest absolute Gasteiger partial charge is 0.497 e. The lowest BCUT2D eigenvalue weighted by atomic mass is 9.83. The molecule has 93 heavy (non-hydrogen) atoms. The zero-order valence-electron chi connectivity index (χ0n) is 57.4. The van der Waals surface area contributed by atoms with Crippen LogP contribution in [0.4, 0.5) is 0 Å². The first-order valence-electron chi connectivity index (χ1n) is 31.0. The predicted molar refractivity (Wildman–Crippen MR) is 371 cm³/mol. The number of carbonyl (C=O) groups is 8. The number of ketones is 8. The highest BCUT2D eigenvalue weighted by Gasteiger charge is 2.24. The molecule has 0 unspecified atom stereocenters. The van der Waals surface area contributed by atoms with Crippen LogP contribution >= 0.6 is 0 Å². The fourth-order valence-corrected chi connectivity index (χ4v) is 10.1. The van der Waals surface area contributed by atoms with Gasteiger partial charge in [0.25, 0.3) is 0 Å². The van der Waals surface area contributed by atoms with E-state index in [1.54, 1.807) is 132 Å². The molecule has 0 saturated carbocycles. The topological polar surface area (TPSA) is 173 Å². The number of benzene rings is 8. The second kappa shape index (κ2) is 33.6.